The summed E-state index contributed by atoms with van der Waals surface area (Å²) >= 11 is 0. The highest BCUT2D eigenvalue weighted by Crippen LogP contribution is 2.16. The van der Waals surface area contributed by atoms with E-state index in [-0.39, 0.29) is 34.1 Å². The summed E-state index contributed by atoms with van der Waals surface area (Å²) < 4.78 is 4.93. The summed E-state index contributed by atoms with van der Waals surface area (Å²) in [5.41, 5.74) is 5.22. The molecule has 4 fully saturated rings. The minimum absolute atomic E-state index is 0. The molecule has 0 bridgehead atoms. The molecule has 0 aliphatic carbocycles. The second-order valence-corrected chi connectivity index (χ2v) is 15.1. The molecule has 5 aromatic rings. The van der Waals surface area contributed by atoms with E-state index in [1.54, 1.807) is 25.9 Å². The second kappa shape index (κ2) is 54.1. The summed E-state index contributed by atoms with van der Waals surface area (Å²) in [6.07, 6.45) is 5.21. The van der Waals surface area contributed by atoms with E-state index in [0.29, 0.717) is 6.61 Å². The van der Waals surface area contributed by atoms with Gasteiger partial charge in [-0.05, 0) is 95.5 Å². The summed E-state index contributed by atoms with van der Waals surface area (Å²) in [5.74, 6) is 0.428. The van der Waals surface area contributed by atoms with Crippen LogP contribution in [-0.2, 0) is 20.9 Å². The third-order valence-corrected chi connectivity index (χ3v) is 9.49. The van der Waals surface area contributed by atoms with Crippen molar-refractivity contribution in [2.45, 2.75) is 145 Å². The maximum Gasteiger partial charge on any atom is 0.219 e. The molecule has 0 N–H and O–H groups in total. The van der Waals surface area contributed by atoms with E-state index in [2.05, 4.69) is 111 Å². The Morgan fingerprint density at radius 2 is 0.754 bits per heavy atom. The molecule has 0 radical (unpaired) electrons. The lowest BCUT2D eigenvalue weighted by Crippen LogP contribution is -2.24. The lowest BCUT2D eigenvalue weighted by molar-refractivity contribution is -0.127. The lowest BCUT2D eigenvalue weighted by Gasteiger charge is -2.10. The van der Waals surface area contributed by atoms with Crippen molar-refractivity contribution in [3.05, 3.63) is 156 Å². The molecule has 0 atom stereocenters. The van der Waals surface area contributed by atoms with Gasteiger partial charge in [-0.3, -0.25) is 9.59 Å². The molecule has 4 saturated heterocycles. The van der Waals surface area contributed by atoms with Crippen LogP contribution in [-0.4, -0.2) is 105 Å². The van der Waals surface area contributed by atoms with E-state index >= 15 is 0 Å². The number of likely N-dealkylation sites (tertiary alicyclic amines) is 2. The van der Waals surface area contributed by atoms with E-state index in [1.807, 2.05) is 127 Å². The number of nitrogens with zero attached hydrogens (tertiary/aromatic N) is 4. The predicted molar refractivity (Wildman–Crippen MR) is 312 cm³/mol. The molecule has 0 unspecified atom stereocenters. The van der Waals surface area contributed by atoms with Gasteiger partial charge >= 0.3 is 0 Å². The van der Waals surface area contributed by atoms with Gasteiger partial charge < -0.3 is 24.3 Å². The van der Waals surface area contributed by atoms with Crippen LogP contribution in [0.1, 0.15) is 139 Å². The van der Waals surface area contributed by atoms with Gasteiger partial charge in [0.25, 0.3) is 0 Å². The molecule has 0 aromatic heterocycles. The van der Waals surface area contributed by atoms with Gasteiger partial charge in [-0.2, -0.15) is 0 Å². The number of fused-ring (bicyclic) bond motifs is 1. The fourth-order valence-corrected chi connectivity index (χ4v) is 5.57. The first kappa shape index (κ1) is 75.7. The number of hydrogen-bond donors (Lipinski definition) is 0. The summed E-state index contributed by atoms with van der Waals surface area (Å²) in [4.78, 5) is 29.0. The van der Waals surface area contributed by atoms with Crippen molar-refractivity contribution in [2.24, 2.45) is 0 Å². The van der Waals surface area contributed by atoms with Gasteiger partial charge in [-0.1, -0.05) is 222 Å². The lowest BCUT2D eigenvalue weighted by atomic mass is 10.1. The Bertz CT molecular complexity index is 1720. The summed E-state index contributed by atoms with van der Waals surface area (Å²) in [5, 5.41) is 2.68. The van der Waals surface area contributed by atoms with Gasteiger partial charge in [0.05, 0.1) is 6.61 Å². The molecule has 5 aromatic carbocycles. The van der Waals surface area contributed by atoms with Crippen molar-refractivity contribution in [1.82, 2.24) is 19.6 Å². The van der Waals surface area contributed by atoms with Crippen molar-refractivity contribution >= 4 is 22.6 Å². The van der Waals surface area contributed by atoms with Crippen LogP contribution in [0.3, 0.4) is 0 Å². The standard InChI is InChI=1S/C11H10.C8H10O.2C7H8.C6H11NO.C5H11N.C4H7NO.C3H7N.4C2H6.3CH4/c1-9-5-4-7-10-6-2-3-8-11(9)10;1-9-7-8-5-3-2-4-6-8;2*1-7-5-3-2-4-6-7;1-6(8)7-4-2-3-5-7;1-6-4-2-3-5-6;1-4(6)5-2-3-5;1-4-2-3-4;4*1-2;;;/h2-8H,1H3;2-6H,7H2,1H3;2*2-6H,1H3;2-5H2,1H3;2-5H2,1H3;2-3H2,1H3;2-3H2,1H3;4*1-2H3;3*1H4. The molecule has 2 amide bonds. The Labute approximate surface area is 428 Å². The zero-order valence-corrected chi connectivity index (χ0v) is 44.9. The highest BCUT2D eigenvalue weighted by atomic mass is 16.5. The molecule has 4 aliphatic heterocycles. The van der Waals surface area contributed by atoms with E-state index in [4.69, 9.17) is 4.74 Å². The van der Waals surface area contributed by atoms with Crippen molar-refractivity contribution in [3.63, 3.8) is 0 Å². The Morgan fingerprint density at radius 1 is 0.435 bits per heavy atom. The van der Waals surface area contributed by atoms with Crippen LogP contribution in [0.2, 0.25) is 0 Å². The first-order valence-electron chi connectivity index (χ1n) is 24.9. The number of aryl methyl sites for hydroxylation is 3. The fraction of sp³-hybridized carbons (Fsp3) is 0.516. The summed E-state index contributed by atoms with van der Waals surface area (Å²) in [6.45, 7) is 35.4. The number of rotatable bonds is 2. The summed E-state index contributed by atoms with van der Waals surface area (Å²) in [6, 6.07) is 45.5. The van der Waals surface area contributed by atoms with E-state index in [0.717, 1.165) is 26.2 Å². The average molecular weight is 958 g/mol. The Morgan fingerprint density at radius 3 is 1.01 bits per heavy atom. The molecule has 4 heterocycles. The largest absolute Gasteiger partial charge is 0.380 e. The molecule has 394 valence electrons. The quantitative estimate of drug-likeness (QED) is 0.165. The van der Waals surface area contributed by atoms with Gasteiger partial charge in [-0.25, -0.2) is 0 Å². The number of carbonyl (C=O) groups is 2. The van der Waals surface area contributed by atoms with Crippen LogP contribution >= 0.6 is 0 Å². The van der Waals surface area contributed by atoms with Crippen molar-refractivity contribution in [3.8, 4) is 0 Å². The zero-order valence-electron chi connectivity index (χ0n) is 44.9. The smallest absolute Gasteiger partial charge is 0.219 e. The number of hydrogen-bond acceptors (Lipinski definition) is 5. The van der Waals surface area contributed by atoms with Gasteiger partial charge in [0.2, 0.25) is 11.8 Å². The Hall–Kier alpha value is -4.82. The van der Waals surface area contributed by atoms with Gasteiger partial charge in [-0.15, -0.1) is 0 Å². The molecule has 4 aliphatic rings. The maximum absolute atomic E-state index is 10.6. The van der Waals surface area contributed by atoms with E-state index in [9.17, 15) is 9.59 Å². The molecule has 0 saturated carbocycles. The minimum Gasteiger partial charge on any atom is -0.380 e. The molecule has 9 rings (SSSR count). The second-order valence-electron chi connectivity index (χ2n) is 15.1. The SMILES string of the molecule is C.C.C.CC.CC.CC.CC.CC(=O)N1CC1.CC(=O)N1CCCC1.CN1CC1.CN1CCCC1.COCc1ccccc1.Cc1cccc2ccccc12.Cc1ccccc1.Cc1ccccc1. The summed E-state index contributed by atoms with van der Waals surface area (Å²) in [7, 11) is 5.99. The first-order chi connectivity index (χ1) is 32.0. The number of carbonyl (C=O) groups excluding carboxylic acids is 2. The molecule has 0 spiro atoms. The van der Waals surface area contributed by atoms with Crippen LogP contribution in [0.25, 0.3) is 10.8 Å². The van der Waals surface area contributed by atoms with E-state index in [1.165, 1.54) is 84.9 Å². The maximum atomic E-state index is 10.6. The highest BCUT2D eigenvalue weighted by molar-refractivity contribution is 5.85. The first-order valence-corrected chi connectivity index (χ1v) is 24.9. The van der Waals surface area contributed by atoms with Crippen LogP contribution in [0, 0.1) is 20.8 Å². The van der Waals surface area contributed by atoms with Crippen LogP contribution in [0.4, 0.5) is 0 Å². The van der Waals surface area contributed by atoms with Crippen molar-refractivity contribution in [2.75, 3.05) is 73.6 Å². The number of likely N-dealkylation sites (N-methyl/N-ethyl adjacent to an activating group) is 1. The van der Waals surface area contributed by atoms with Crippen LogP contribution in [0.15, 0.2) is 133 Å². The molecular weight excluding hydrogens is 849 g/mol. The number of methoxy groups -OCH3 is 1. The average Bonchev–Trinajstić information content (AvgIpc) is 4.26. The van der Waals surface area contributed by atoms with Crippen molar-refractivity contribution in [1.29, 1.82) is 0 Å². The molecule has 7 nitrogen and oxygen atoms in total. The minimum atomic E-state index is 0. The topological polar surface area (TPSA) is 55.9 Å². The Kier molecular flexibility index (Phi) is 59.4. The zero-order chi connectivity index (χ0) is 50.4. The van der Waals surface area contributed by atoms with Gasteiger partial charge in [0, 0.05) is 60.2 Å². The third kappa shape index (κ3) is 46.7. The van der Waals surface area contributed by atoms with Crippen LogP contribution in [0.5, 0.6) is 0 Å². The van der Waals surface area contributed by atoms with Gasteiger partial charge in [0.1, 0.15) is 0 Å². The van der Waals surface area contributed by atoms with Gasteiger partial charge in [0.15, 0.2) is 0 Å². The number of amides is 2. The Balaban J connectivity index is -0.000000162. The molecular formula is C62H108N4O3. The number of ether oxygens (including phenoxy) is 1. The van der Waals surface area contributed by atoms with E-state index < -0.39 is 0 Å². The number of benzene rings is 5. The third-order valence-electron chi connectivity index (χ3n) is 9.49. The van der Waals surface area contributed by atoms with Crippen LogP contribution < -0.4 is 0 Å². The predicted octanol–water partition coefficient (Wildman–Crippen LogP) is 16.1. The normalized spacial score (nSPS) is 12.5. The van der Waals surface area contributed by atoms with Crippen molar-refractivity contribution < 1.29 is 14.3 Å². The fourth-order valence-electron chi connectivity index (χ4n) is 5.57. The monoisotopic (exact) mass is 957 g/mol. The highest BCUT2D eigenvalue weighted by Gasteiger charge is 2.18. The molecule has 69 heavy (non-hydrogen) atoms. The molecule has 7 heteroatoms.